The Morgan fingerprint density at radius 2 is 2.19 bits per heavy atom. The minimum atomic E-state index is -0.321. The first-order chi connectivity index (χ1) is 7.70. The van der Waals surface area contributed by atoms with Crippen molar-refractivity contribution in [3.63, 3.8) is 0 Å². The number of nitrogens with zero attached hydrogens (tertiary/aromatic N) is 2. The van der Waals surface area contributed by atoms with Crippen LogP contribution >= 0.6 is 0 Å². The van der Waals surface area contributed by atoms with Crippen LogP contribution in [0.3, 0.4) is 0 Å². The van der Waals surface area contributed by atoms with Crippen molar-refractivity contribution in [2.45, 2.75) is 13.5 Å². The monoisotopic (exact) mass is 220 g/mol. The van der Waals surface area contributed by atoms with Crippen LogP contribution in [0, 0.1) is 12.7 Å². The predicted molar refractivity (Wildman–Crippen MR) is 59.0 cm³/mol. The molecule has 0 N–H and O–H groups in total. The number of halogens is 1. The highest BCUT2D eigenvalue weighted by molar-refractivity contribution is 5.31. The standard InChI is InChI=1S/C12H13FN2O/c1-9-6-7-15(14-9)8-10-4-3-5-11(16-2)12(10)13/h3-7H,8H2,1-2H3. The molecular formula is C12H13FN2O. The molecule has 84 valence electrons. The largest absolute Gasteiger partial charge is 0.494 e. The Labute approximate surface area is 93.5 Å². The number of rotatable bonds is 3. The highest BCUT2D eigenvalue weighted by Crippen LogP contribution is 2.20. The van der Waals surface area contributed by atoms with Crippen LogP contribution in [0.5, 0.6) is 5.75 Å². The summed E-state index contributed by atoms with van der Waals surface area (Å²) < 4.78 is 20.4. The summed E-state index contributed by atoms with van der Waals surface area (Å²) in [6, 6.07) is 6.99. The summed E-state index contributed by atoms with van der Waals surface area (Å²) >= 11 is 0. The van der Waals surface area contributed by atoms with E-state index < -0.39 is 0 Å². The Hall–Kier alpha value is -1.84. The Morgan fingerprint density at radius 1 is 1.38 bits per heavy atom. The quantitative estimate of drug-likeness (QED) is 0.794. The van der Waals surface area contributed by atoms with E-state index in [1.165, 1.54) is 7.11 Å². The number of hydrogen-bond acceptors (Lipinski definition) is 2. The van der Waals surface area contributed by atoms with Crippen LogP contribution in [-0.2, 0) is 6.54 Å². The molecule has 0 unspecified atom stereocenters. The van der Waals surface area contributed by atoms with Crippen LogP contribution in [0.1, 0.15) is 11.3 Å². The Balaban J connectivity index is 2.28. The van der Waals surface area contributed by atoms with Crippen molar-refractivity contribution in [3.05, 3.63) is 47.5 Å². The Bertz CT molecular complexity index is 494. The lowest BCUT2D eigenvalue weighted by Gasteiger charge is -2.07. The van der Waals surface area contributed by atoms with Gasteiger partial charge in [0.1, 0.15) is 0 Å². The second-order valence-electron chi connectivity index (χ2n) is 3.59. The summed E-state index contributed by atoms with van der Waals surface area (Å²) in [5.74, 6) is -0.0560. The first kappa shape index (κ1) is 10.7. The maximum Gasteiger partial charge on any atom is 0.170 e. The second kappa shape index (κ2) is 4.35. The first-order valence-corrected chi connectivity index (χ1v) is 5.02. The van der Waals surface area contributed by atoms with E-state index in [9.17, 15) is 4.39 Å². The molecule has 0 aliphatic heterocycles. The molecule has 0 bridgehead atoms. The number of methoxy groups -OCH3 is 1. The van der Waals surface area contributed by atoms with Gasteiger partial charge in [-0.1, -0.05) is 12.1 Å². The molecule has 0 aliphatic carbocycles. The van der Waals surface area contributed by atoms with Gasteiger partial charge in [0.2, 0.25) is 0 Å². The fourth-order valence-electron chi connectivity index (χ4n) is 1.56. The molecule has 1 aromatic heterocycles. The van der Waals surface area contributed by atoms with Gasteiger partial charge in [-0.3, -0.25) is 4.68 Å². The van der Waals surface area contributed by atoms with Crippen molar-refractivity contribution < 1.29 is 9.13 Å². The minimum absolute atomic E-state index is 0.265. The SMILES string of the molecule is COc1cccc(Cn2ccc(C)n2)c1F. The van der Waals surface area contributed by atoms with Gasteiger partial charge in [0, 0.05) is 11.8 Å². The molecule has 1 heterocycles. The predicted octanol–water partition coefficient (Wildman–Crippen LogP) is 2.39. The van der Waals surface area contributed by atoms with Crippen molar-refractivity contribution in [1.82, 2.24) is 9.78 Å². The van der Waals surface area contributed by atoms with E-state index in [-0.39, 0.29) is 11.6 Å². The molecule has 16 heavy (non-hydrogen) atoms. The van der Waals surface area contributed by atoms with Crippen molar-refractivity contribution in [2.75, 3.05) is 7.11 Å². The molecule has 0 spiro atoms. The van der Waals surface area contributed by atoms with Crippen LogP contribution in [0.15, 0.2) is 30.5 Å². The van der Waals surface area contributed by atoms with Gasteiger partial charge in [0.05, 0.1) is 19.3 Å². The lowest BCUT2D eigenvalue weighted by atomic mass is 10.2. The van der Waals surface area contributed by atoms with Gasteiger partial charge < -0.3 is 4.74 Å². The number of benzene rings is 1. The zero-order valence-electron chi connectivity index (χ0n) is 9.27. The summed E-state index contributed by atoms with van der Waals surface area (Å²) in [4.78, 5) is 0. The van der Waals surface area contributed by atoms with Crippen LogP contribution in [0.25, 0.3) is 0 Å². The van der Waals surface area contributed by atoms with Gasteiger partial charge in [-0.2, -0.15) is 5.10 Å². The lowest BCUT2D eigenvalue weighted by molar-refractivity contribution is 0.383. The Kier molecular flexibility index (Phi) is 2.90. The summed E-state index contributed by atoms with van der Waals surface area (Å²) in [6.45, 7) is 2.31. The lowest BCUT2D eigenvalue weighted by Crippen LogP contribution is -2.03. The van der Waals surface area contributed by atoms with Crippen LogP contribution < -0.4 is 4.74 Å². The summed E-state index contributed by atoms with van der Waals surface area (Å²) in [5, 5.41) is 4.21. The van der Waals surface area contributed by atoms with Crippen molar-refractivity contribution >= 4 is 0 Å². The summed E-state index contributed by atoms with van der Waals surface area (Å²) in [7, 11) is 1.46. The Morgan fingerprint density at radius 3 is 2.81 bits per heavy atom. The summed E-state index contributed by atoms with van der Waals surface area (Å²) in [5.41, 5.74) is 1.49. The molecule has 0 fully saturated rings. The van der Waals surface area contributed by atoms with Crippen LogP contribution in [-0.4, -0.2) is 16.9 Å². The van der Waals surface area contributed by atoms with Gasteiger partial charge >= 0.3 is 0 Å². The molecule has 3 nitrogen and oxygen atoms in total. The molecular weight excluding hydrogens is 207 g/mol. The smallest absolute Gasteiger partial charge is 0.170 e. The molecule has 4 heteroatoms. The zero-order valence-corrected chi connectivity index (χ0v) is 9.27. The van der Waals surface area contributed by atoms with Crippen LogP contribution in [0.4, 0.5) is 4.39 Å². The third-order valence-corrected chi connectivity index (χ3v) is 2.37. The van der Waals surface area contributed by atoms with E-state index in [1.54, 1.807) is 22.9 Å². The van der Waals surface area contributed by atoms with Crippen molar-refractivity contribution in [3.8, 4) is 5.75 Å². The van der Waals surface area contributed by atoms with E-state index in [0.717, 1.165) is 5.69 Å². The summed E-state index contributed by atoms with van der Waals surface area (Å²) in [6.07, 6.45) is 1.83. The zero-order chi connectivity index (χ0) is 11.5. The number of aryl methyl sites for hydroxylation is 1. The number of hydrogen-bond donors (Lipinski definition) is 0. The third kappa shape index (κ3) is 2.05. The second-order valence-corrected chi connectivity index (χ2v) is 3.59. The van der Waals surface area contributed by atoms with E-state index >= 15 is 0 Å². The third-order valence-electron chi connectivity index (χ3n) is 2.37. The van der Waals surface area contributed by atoms with E-state index in [4.69, 9.17) is 4.74 Å². The van der Waals surface area contributed by atoms with E-state index in [2.05, 4.69) is 5.10 Å². The van der Waals surface area contributed by atoms with Gasteiger partial charge in [0.25, 0.3) is 0 Å². The minimum Gasteiger partial charge on any atom is -0.494 e. The highest BCUT2D eigenvalue weighted by Gasteiger charge is 2.08. The fourth-order valence-corrected chi connectivity index (χ4v) is 1.56. The van der Waals surface area contributed by atoms with E-state index in [1.807, 2.05) is 19.2 Å². The average Bonchev–Trinajstić information content (AvgIpc) is 2.67. The molecule has 2 rings (SSSR count). The topological polar surface area (TPSA) is 27.1 Å². The van der Waals surface area contributed by atoms with Gasteiger partial charge in [-0.25, -0.2) is 4.39 Å². The molecule has 0 radical (unpaired) electrons. The van der Waals surface area contributed by atoms with Crippen molar-refractivity contribution in [2.24, 2.45) is 0 Å². The molecule has 0 aliphatic rings. The number of ether oxygens (including phenoxy) is 1. The molecule has 1 aromatic carbocycles. The molecule has 0 atom stereocenters. The first-order valence-electron chi connectivity index (χ1n) is 5.02. The number of aromatic nitrogens is 2. The normalized spacial score (nSPS) is 10.4. The van der Waals surface area contributed by atoms with E-state index in [0.29, 0.717) is 12.1 Å². The van der Waals surface area contributed by atoms with Gasteiger partial charge in [0.15, 0.2) is 11.6 Å². The molecule has 0 saturated carbocycles. The van der Waals surface area contributed by atoms with Gasteiger partial charge in [-0.05, 0) is 19.1 Å². The van der Waals surface area contributed by atoms with Gasteiger partial charge in [-0.15, -0.1) is 0 Å². The average molecular weight is 220 g/mol. The molecule has 0 saturated heterocycles. The fraction of sp³-hybridized carbons (Fsp3) is 0.250. The molecule has 2 aromatic rings. The van der Waals surface area contributed by atoms with Crippen molar-refractivity contribution in [1.29, 1.82) is 0 Å². The van der Waals surface area contributed by atoms with Crippen LogP contribution in [0.2, 0.25) is 0 Å². The maximum absolute atomic E-state index is 13.8. The highest BCUT2D eigenvalue weighted by atomic mass is 19.1. The maximum atomic E-state index is 13.8. The molecule has 0 amide bonds.